The van der Waals surface area contributed by atoms with Crippen molar-refractivity contribution in [3.63, 3.8) is 0 Å². The Morgan fingerprint density at radius 3 is 2.62 bits per heavy atom. The molecule has 2 fully saturated rings. The van der Waals surface area contributed by atoms with E-state index in [4.69, 9.17) is 9.84 Å². The Balaban J connectivity index is 1.76. The number of hydrogen-bond donors (Lipinski definition) is 1. The lowest BCUT2D eigenvalue weighted by molar-refractivity contribution is -0.139. The average molecular weight is 226 g/mol. The van der Waals surface area contributed by atoms with Crippen molar-refractivity contribution in [3.8, 4) is 0 Å². The van der Waals surface area contributed by atoms with Crippen LogP contribution in [0.2, 0.25) is 0 Å². The SMILES string of the molecule is CC1CCCCC1OCC1(CC(=O)O)CC1. The fraction of sp³-hybridized carbons (Fsp3) is 0.923. The normalized spacial score (nSPS) is 32.3. The molecule has 2 saturated carbocycles. The highest BCUT2D eigenvalue weighted by molar-refractivity contribution is 5.68. The minimum Gasteiger partial charge on any atom is -0.481 e. The number of carbonyl (C=O) groups is 1. The molecule has 16 heavy (non-hydrogen) atoms. The van der Waals surface area contributed by atoms with Gasteiger partial charge >= 0.3 is 5.97 Å². The summed E-state index contributed by atoms with van der Waals surface area (Å²) in [4.78, 5) is 10.7. The summed E-state index contributed by atoms with van der Waals surface area (Å²) >= 11 is 0. The van der Waals surface area contributed by atoms with Crippen LogP contribution in [0.25, 0.3) is 0 Å². The van der Waals surface area contributed by atoms with Gasteiger partial charge in [-0.1, -0.05) is 19.8 Å². The number of rotatable bonds is 5. The van der Waals surface area contributed by atoms with Crippen molar-refractivity contribution in [2.75, 3.05) is 6.61 Å². The molecule has 0 aliphatic heterocycles. The van der Waals surface area contributed by atoms with Crippen LogP contribution in [-0.2, 0) is 9.53 Å². The molecule has 0 aromatic carbocycles. The van der Waals surface area contributed by atoms with Crippen molar-refractivity contribution in [3.05, 3.63) is 0 Å². The van der Waals surface area contributed by atoms with Crippen LogP contribution in [0.4, 0.5) is 0 Å². The van der Waals surface area contributed by atoms with Gasteiger partial charge in [0.2, 0.25) is 0 Å². The molecule has 0 amide bonds. The van der Waals surface area contributed by atoms with Crippen LogP contribution in [0, 0.1) is 11.3 Å². The van der Waals surface area contributed by atoms with Crippen molar-refractivity contribution < 1.29 is 14.6 Å². The number of carboxylic acids is 1. The summed E-state index contributed by atoms with van der Waals surface area (Å²) in [5, 5.41) is 8.82. The third-order valence-electron chi connectivity index (χ3n) is 4.12. The van der Waals surface area contributed by atoms with Gasteiger partial charge in [-0.25, -0.2) is 0 Å². The molecular weight excluding hydrogens is 204 g/mol. The predicted octanol–water partition coefficient (Wildman–Crippen LogP) is 2.84. The molecule has 1 N–H and O–H groups in total. The molecule has 0 heterocycles. The zero-order valence-electron chi connectivity index (χ0n) is 10.1. The molecule has 0 aromatic rings. The summed E-state index contributed by atoms with van der Waals surface area (Å²) in [6.07, 6.45) is 7.72. The van der Waals surface area contributed by atoms with E-state index in [1.165, 1.54) is 19.3 Å². The Labute approximate surface area is 97.2 Å². The van der Waals surface area contributed by atoms with E-state index < -0.39 is 5.97 Å². The Bertz CT molecular complexity index is 258. The van der Waals surface area contributed by atoms with Gasteiger partial charge in [0.05, 0.1) is 19.1 Å². The molecule has 92 valence electrons. The Hall–Kier alpha value is -0.570. The lowest BCUT2D eigenvalue weighted by Crippen LogP contribution is -2.28. The van der Waals surface area contributed by atoms with Crippen LogP contribution in [0.15, 0.2) is 0 Å². The highest BCUT2D eigenvalue weighted by atomic mass is 16.5. The minimum absolute atomic E-state index is 0.0109. The van der Waals surface area contributed by atoms with Crippen LogP contribution in [0.5, 0.6) is 0 Å². The number of hydrogen-bond acceptors (Lipinski definition) is 2. The second kappa shape index (κ2) is 4.74. The summed E-state index contributed by atoms with van der Waals surface area (Å²) in [5.41, 5.74) is -0.0109. The second-order valence-electron chi connectivity index (χ2n) is 5.68. The molecule has 2 atom stereocenters. The standard InChI is InChI=1S/C13H22O3/c1-10-4-2-3-5-11(10)16-9-13(6-7-13)8-12(14)15/h10-11H,2-9H2,1H3,(H,14,15). The zero-order valence-corrected chi connectivity index (χ0v) is 10.1. The zero-order chi connectivity index (χ0) is 11.6. The second-order valence-corrected chi connectivity index (χ2v) is 5.68. The summed E-state index contributed by atoms with van der Waals surface area (Å²) in [6, 6.07) is 0. The molecule has 0 bridgehead atoms. The molecule has 0 radical (unpaired) electrons. The van der Waals surface area contributed by atoms with Gasteiger partial charge in [0.1, 0.15) is 0 Å². The van der Waals surface area contributed by atoms with E-state index in [9.17, 15) is 4.79 Å². The molecule has 2 aliphatic carbocycles. The highest BCUT2D eigenvalue weighted by Crippen LogP contribution is 2.49. The fourth-order valence-electron chi connectivity index (χ4n) is 2.68. The third kappa shape index (κ3) is 2.97. The van der Waals surface area contributed by atoms with E-state index in [0.717, 1.165) is 19.3 Å². The number of carboxylic acid groups (broad SMARTS) is 1. The van der Waals surface area contributed by atoms with Crippen molar-refractivity contribution in [2.45, 2.75) is 58.0 Å². The molecule has 3 heteroatoms. The van der Waals surface area contributed by atoms with Gasteiger partial charge in [-0.15, -0.1) is 0 Å². The first-order chi connectivity index (χ1) is 7.61. The van der Waals surface area contributed by atoms with Crippen molar-refractivity contribution >= 4 is 5.97 Å². The van der Waals surface area contributed by atoms with Gasteiger partial charge < -0.3 is 9.84 Å². The van der Waals surface area contributed by atoms with Gasteiger partial charge in [0.25, 0.3) is 0 Å². The van der Waals surface area contributed by atoms with E-state index in [0.29, 0.717) is 18.6 Å². The molecule has 0 spiro atoms. The molecule has 3 nitrogen and oxygen atoms in total. The molecule has 2 unspecified atom stereocenters. The Kier molecular flexibility index (Phi) is 3.53. The van der Waals surface area contributed by atoms with Crippen LogP contribution in [-0.4, -0.2) is 23.8 Å². The van der Waals surface area contributed by atoms with Crippen molar-refractivity contribution in [1.29, 1.82) is 0 Å². The van der Waals surface area contributed by atoms with Crippen molar-refractivity contribution in [2.24, 2.45) is 11.3 Å². The highest BCUT2D eigenvalue weighted by Gasteiger charge is 2.45. The largest absolute Gasteiger partial charge is 0.481 e. The van der Waals surface area contributed by atoms with Gasteiger partial charge in [0.15, 0.2) is 0 Å². The first-order valence-electron chi connectivity index (χ1n) is 6.45. The molecule has 2 rings (SSSR count). The predicted molar refractivity (Wildman–Crippen MR) is 61.3 cm³/mol. The summed E-state index contributed by atoms with van der Waals surface area (Å²) in [7, 11) is 0. The monoisotopic (exact) mass is 226 g/mol. The van der Waals surface area contributed by atoms with E-state index >= 15 is 0 Å². The van der Waals surface area contributed by atoms with Gasteiger partial charge in [0, 0.05) is 5.41 Å². The third-order valence-corrected chi connectivity index (χ3v) is 4.12. The van der Waals surface area contributed by atoms with E-state index in [2.05, 4.69) is 6.92 Å². The quantitative estimate of drug-likeness (QED) is 0.784. The summed E-state index contributed by atoms with van der Waals surface area (Å²) < 4.78 is 5.96. The first kappa shape index (κ1) is 11.9. The maximum atomic E-state index is 10.7. The maximum Gasteiger partial charge on any atom is 0.303 e. The molecule has 0 saturated heterocycles. The molecule has 2 aliphatic rings. The maximum absolute atomic E-state index is 10.7. The Morgan fingerprint density at radius 1 is 1.38 bits per heavy atom. The van der Waals surface area contributed by atoms with Crippen LogP contribution < -0.4 is 0 Å². The molecular formula is C13H22O3. The van der Waals surface area contributed by atoms with Gasteiger partial charge in [-0.3, -0.25) is 4.79 Å². The lowest BCUT2D eigenvalue weighted by atomic mass is 9.88. The van der Waals surface area contributed by atoms with Gasteiger partial charge in [-0.05, 0) is 31.6 Å². The fourth-order valence-corrected chi connectivity index (χ4v) is 2.68. The summed E-state index contributed by atoms with van der Waals surface area (Å²) in [6.45, 7) is 2.91. The molecule has 0 aromatic heterocycles. The van der Waals surface area contributed by atoms with Crippen molar-refractivity contribution in [1.82, 2.24) is 0 Å². The summed E-state index contributed by atoms with van der Waals surface area (Å²) in [5.74, 6) is -0.0350. The van der Waals surface area contributed by atoms with Gasteiger partial charge in [-0.2, -0.15) is 0 Å². The minimum atomic E-state index is -0.683. The number of aliphatic carboxylic acids is 1. The number of ether oxygens (including phenoxy) is 1. The van der Waals surface area contributed by atoms with Crippen LogP contribution >= 0.6 is 0 Å². The first-order valence-corrected chi connectivity index (χ1v) is 6.45. The smallest absolute Gasteiger partial charge is 0.303 e. The Morgan fingerprint density at radius 2 is 2.06 bits per heavy atom. The van der Waals surface area contributed by atoms with E-state index in [-0.39, 0.29) is 11.8 Å². The lowest BCUT2D eigenvalue weighted by Gasteiger charge is -2.30. The van der Waals surface area contributed by atoms with E-state index in [1.807, 2.05) is 0 Å². The van der Waals surface area contributed by atoms with Crippen LogP contribution in [0.3, 0.4) is 0 Å². The van der Waals surface area contributed by atoms with E-state index in [1.54, 1.807) is 0 Å². The average Bonchev–Trinajstić information content (AvgIpc) is 2.96. The van der Waals surface area contributed by atoms with Crippen LogP contribution in [0.1, 0.15) is 51.9 Å². The topological polar surface area (TPSA) is 46.5 Å².